The van der Waals surface area contributed by atoms with Gasteiger partial charge >= 0.3 is 6.08 Å². The number of carbonyl (C=O) groups excluding carboxylic acids is 1. The zero-order valence-corrected chi connectivity index (χ0v) is 18.0. The molecule has 1 fully saturated rings. The van der Waals surface area contributed by atoms with E-state index in [1.165, 1.54) is 31.7 Å². The molecule has 0 radical (unpaired) electrons. The van der Waals surface area contributed by atoms with Crippen LogP contribution in [0.15, 0.2) is 53.9 Å². The van der Waals surface area contributed by atoms with Crippen molar-refractivity contribution < 1.29 is 22.7 Å². The van der Waals surface area contributed by atoms with Crippen molar-refractivity contribution in [3.8, 4) is 16.9 Å². The van der Waals surface area contributed by atoms with Crippen LogP contribution in [-0.4, -0.2) is 44.9 Å². The number of nitrogens with two attached hydrogens (primary N) is 1. The molecular formula is C23H19F3N6O2. The molecule has 1 saturated carbocycles. The molecule has 0 spiro atoms. The summed E-state index contributed by atoms with van der Waals surface area (Å²) in [5.74, 6) is -0.153. The third kappa shape index (κ3) is 3.72. The Morgan fingerprint density at radius 1 is 1.09 bits per heavy atom. The molecular weight excluding hydrogens is 449 g/mol. The molecule has 5 rings (SSSR count). The predicted octanol–water partition coefficient (Wildman–Crippen LogP) is 3.19. The quantitative estimate of drug-likeness (QED) is 0.557. The van der Waals surface area contributed by atoms with Crippen LogP contribution in [0.2, 0.25) is 0 Å². The highest BCUT2D eigenvalue weighted by Gasteiger charge is 2.50. The number of benzene rings is 1. The van der Waals surface area contributed by atoms with Gasteiger partial charge < -0.3 is 10.5 Å². The molecule has 11 heteroatoms. The second-order valence-corrected chi connectivity index (χ2v) is 8.12. The van der Waals surface area contributed by atoms with Gasteiger partial charge in [-0.25, -0.2) is 23.7 Å². The molecule has 2 aromatic heterocycles. The average molecular weight is 468 g/mol. The molecule has 8 nitrogen and oxygen atoms in total. The first-order valence-electron chi connectivity index (χ1n) is 10.5. The van der Waals surface area contributed by atoms with Crippen LogP contribution in [0.3, 0.4) is 0 Å². The van der Waals surface area contributed by atoms with E-state index in [-0.39, 0.29) is 17.6 Å². The van der Waals surface area contributed by atoms with Gasteiger partial charge in [-0.3, -0.25) is 14.7 Å². The molecule has 3 aromatic rings. The minimum absolute atomic E-state index is 0.0328. The van der Waals surface area contributed by atoms with E-state index < -0.39 is 29.6 Å². The van der Waals surface area contributed by atoms with Crippen molar-refractivity contribution in [1.29, 1.82) is 0 Å². The summed E-state index contributed by atoms with van der Waals surface area (Å²) in [4.78, 5) is 30.1. The fourth-order valence-corrected chi connectivity index (χ4v) is 3.86. The zero-order chi connectivity index (χ0) is 24.0. The molecule has 3 heterocycles. The van der Waals surface area contributed by atoms with Crippen molar-refractivity contribution >= 4 is 11.9 Å². The Hall–Kier alpha value is -4.02. The van der Waals surface area contributed by atoms with Gasteiger partial charge in [-0.2, -0.15) is 4.39 Å². The van der Waals surface area contributed by atoms with E-state index in [2.05, 4.69) is 19.9 Å². The summed E-state index contributed by atoms with van der Waals surface area (Å²) in [6.07, 6.45) is 1.89. The van der Waals surface area contributed by atoms with Gasteiger partial charge in [0.05, 0.1) is 6.10 Å². The molecule has 1 aromatic carbocycles. The van der Waals surface area contributed by atoms with Crippen LogP contribution in [0.4, 0.5) is 13.2 Å². The molecule has 34 heavy (non-hydrogen) atoms. The number of likely N-dealkylation sites (N-methyl/N-ethyl adjacent to an activating group) is 1. The predicted molar refractivity (Wildman–Crippen MR) is 115 cm³/mol. The van der Waals surface area contributed by atoms with Gasteiger partial charge in [-0.15, -0.1) is 0 Å². The number of rotatable bonds is 6. The smallest absolute Gasteiger partial charge is 0.308 e. The lowest BCUT2D eigenvalue weighted by Crippen LogP contribution is -2.41. The van der Waals surface area contributed by atoms with Crippen molar-refractivity contribution in [1.82, 2.24) is 19.9 Å². The summed E-state index contributed by atoms with van der Waals surface area (Å²) in [5.41, 5.74) is 5.30. The number of halogens is 3. The summed E-state index contributed by atoms with van der Waals surface area (Å²) in [6.45, 7) is 0. The van der Waals surface area contributed by atoms with E-state index in [1.807, 2.05) is 0 Å². The maximum absolute atomic E-state index is 13.6. The lowest BCUT2D eigenvalue weighted by atomic mass is 9.81. The Morgan fingerprint density at radius 2 is 1.82 bits per heavy atom. The van der Waals surface area contributed by atoms with Gasteiger partial charge in [-0.1, -0.05) is 0 Å². The summed E-state index contributed by atoms with van der Waals surface area (Å²) < 4.78 is 46.2. The Morgan fingerprint density at radius 3 is 2.44 bits per heavy atom. The highest BCUT2D eigenvalue weighted by atomic mass is 19.3. The standard InChI is InChI=1S/C23H19F3N6O2/c1-32-20(33)23(31-22(32)27,14-4-5-28-18(9-14)19(24)25)15-6-12(13-10-29-21(26)30-11-13)7-17(8-15)34-16-2-3-16/h4-11,16,19H,2-3H2,1H3,(H2,27,31). The summed E-state index contributed by atoms with van der Waals surface area (Å²) in [5, 5.41) is 0. The summed E-state index contributed by atoms with van der Waals surface area (Å²) >= 11 is 0. The SMILES string of the molecule is CN1C(=O)C(c2cc(OC3CC3)cc(-c3cnc(F)nc3)c2)(c2ccnc(C(F)F)c2)N=C1N. The van der Waals surface area contributed by atoms with Crippen LogP contribution in [-0.2, 0) is 10.3 Å². The summed E-state index contributed by atoms with van der Waals surface area (Å²) in [7, 11) is 1.46. The Labute approximate surface area is 192 Å². The normalized spacial score (nSPS) is 20.1. The van der Waals surface area contributed by atoms with Gasteiger partial charge in [-0.05, 0) is 59.9 Å². The molecule has 2 N–H and O–H groups in total. The molecule has 1 aliphatic carbocycles. The molecule has 1 atom stereocenters. The van der Waals surface area contributed by atoms with Crippen molar-refractivity contribution in [2.24, 2.45) is 10.7 Å². The third-order valence-electron chi connectivity index (χ3n) is 5.77. The van der Waals surface area contributed by atoms with Crippen molar-refractivity contribution in [3.63, 3.8) is 0 Å². The lowest BCUT2D eigenvalue weighted by Gasteiger charge is -2.27. The highest BCUT2D eigenvalue weighted by Crippen LogP contribution is 2.43. The first-order valence-corrected chi connectivity index (χ1v) is 10.5. The van der Waals surface area contributed by atoms with Crippen LogP contribution < -0.4 is 10.5 Å². The second-order valence-electron chi connectivity index (χ2n) is 8.12. The third-order valence-corrected chi connectivity index (χ3v) is 5.77. The van der Waals surface area contributed by atoms with Gasteiger partial charge in [0.2, 0.25) is 0 Å². The molecule has 1 amide bonds. The Kier molecular flexibility index (Phi) is 5.18. The molecule has 0 saturated heterocycles. The Bertz CT molecular complexity index is 1300. The molecule has 2 aliphatic rings. The summed E-state index contributed by atoms with van der Waals surface area (Å²) in [6, 6.07) is 7.61. The molecule has 174 valence electrons. The number of aromatic nitrogens is 3. The monoisotopic (exact) mass is 468 g/mol. The van der Waals surface area contributed by atoms with Crippen LogP contribution in [0.25, 0.3) is 11.1 Å². The number of alkyl halides is 2. The van der Waals surface area contributed by atoms with E-state index in [0.717, 1.165) is 23.8 Å². The second kappa shape index (κ2) is 8.08. The number of pyridine rings is 1. The minimum atomic E-state index is -2.84. The van der Waals surface area contributed by atoms with Crippen LogP contribution in [0.5, 0.6) is 5.75 Å². The Balaban J connectivity index is 1.74. The fraction of sp³-hybridized carbons (Fsp3) is 0.261. The van der Waals surface area contributed by atoms with Gasteiger partial charge in [0.1, 0.15) is 11.4 Å². The van der Waals surface area contributed by atoms with Crippen LogP contribution in [0.1, 0.15) is 36.1 Å². The van der Waals surface area contributed by atoms with Crippen LogP contribution in [0, 0.1) is 6.08 Å². The first kappa shape index (κ1) is 21.8. The highest BCUT2D eigenvalue weighted by molar-refractivity contribution is 6.09. The fourth-order valence-electron chi connectivity index (χ4n) is 3.86. The maximum atomic E-state index is 13.6. The van der Waals surface area contributed by atoms with Crippen molar-refractivity contribution in [3.05, 3.63) is 71.8 Å². The maximum Gasteiger partial charge on any atom is 0.308 e. The van der Waals surface area contributed by atoms with E-state index >= 15 is 0 Å². The number of carbonyl (C=O) groups is 1. The topological polar surface area (TPSA) is 107 Å². The van der Waals surface area contributed by atoms with Gasteiger partial charge in [0, 0.05) is 31.2 Å². The number of aliphatic imine (C=N–C) groups is 1. The molecule has 1 aliphatic heterocycles. The lowest BCUT2D eigenvalue weighted by molar-refractivity contribution is -0.129. The van der Waals surface area contributed by atoms with Gasteiger partial charge in [0.15, 0.2) is 11.5 Å². The largest absolute Gasteiger partial charge is 0.490 e. The van der Waals surface area contributed by atoms with E-state index in [0.29, 0.717) is 22.4 Å². The van der Waals surface area contributed by atoms with Crippen molar-refractivity contribution in [2.45, 2.75) is 30.9 Å². The number of nitrogens with zero attached hydrogens (tertiary/aromatic N) is 5. The average Bonchev–Trinajstić information content (AvgIpc) is 3.62. The van der Waals surface area contributed by atoms with Crippen LogP contribution >= 0.6 is 0 Å². The number of hydrogen-bond donors (Lipinski definition) is 1. The molecule has 1 unspecified atom stereocenters. The number of hydrogen-bond acceptors (Lipinski definition) is 7. The van der Waals surface area contributed by atoms with Gasteiger partial charge in [0.25, 0.3) is 12.3 Å². The first-order chi connectivity index (χ1) is 16.3. The van der Waals surface area contributed by atoms with E-state index in [1.54, 1.807) is 18.2 Å². The minimum Gasteiger partial charge on any atom is -0.490 e. The van der Waals surface area contributed by atoms with E-state index in [9.17, 15) is 18.0 Å². The molecule has 0 bridgehead atoms. The number of ether oxygens (including phenoxy) is 1. The zero-order valence-electron chi connectivity index (χ0n) is 18.0. The van der Waals surface area contributed by atoms with E-state index in [4.69, 9.17) is 10.5 Å². The van der Waals surface area contributed by atoms with Crippen molar-refractivity contribution in [2.75, 3.05) is 7.05 Å². The number of guanidine groups is 1. The number of amides is 1.